The highest BCUT2D eigenvalue weighted by Gasteiger charge is 1.99. The van der Waals surface area contributed by atoms with Gasteiger partial charge in [-0.2, -0.15) is 0 Å². The molecule has 3 heteroatoms. The number of aryl methyl sites for hydroxylation is 2. The molecule has 0 saturated heterocycles. The van der Waals surface area contributed by atoms with E-state index in [0.717, 1.165) is 17.8 Å². The van der Waals surface area contributed by atoms with Gasteiger partial charge in [0.15, 0.2) is 0 Å². The molecule has 16 heavy (non-hydrogen) atoms. The van der Waals surface area contributed by atoms with Crippen LogP contribution in [0.5, 0.6) is 0 Å². The summed E-state index contributed by atoms with van der Waals surface area (Å²) in [6.07, 6.45) is 7.37. The molecule has 0 spiro atoms. The Morgan fingerprint density at radius 2 is 1.69 bits per heavy atom. The Bertz CT molecular complexity index is 435. The van der Waals surface area contributed by atoms with Crippen molar-refractivity contribution >= 4 is 5.69 Å². The average molecular weight is 213 g/mol. The first-order valence-corrected chi connectivity index (χ1v) is 5.31. The Morgan fingerprint density at radius 3 is 2.38 bits per heavy atom. The van der Waals surface area contributed by atoms with E-state index in [1.807, 2.05) is 30.7 Å². The van der Waals surface area contributed by atoms with Crippen molar-refractivity contribution in [2.75, 3.05) is 5.32 Å². The summed E-state index contributed by atoms with van der Waals surface area (Å²) in [5.74, 6) is 0. The number of hydrogen-bond donors (Lipinski definition) is 1. The van der Waals surface area contributed by atoms with Crippen molar-refractivity contribution in [2.45, 2.75) is 20.4 Å². The Labute approximate surface area is 95.6 Å². The zero-order valence-electron chi connectivity index (χ0n) is 9.57. The Hall–Kier alpha value is -1.90. The van der Waals surface area contributed by atoms with E-state index >= 15 is 0 Å². The Balaban J connectivity index is 2.09. The quantitative estimate of drug-likeness (QED) is 0.851. The molecule has 0 aliphatic heterocycles. The number of anilines is 1. The summed E-state index contributed by atoms with van der Waals surface area (Å²) in [5, 5.41) is 3.40. The van der Waals surface area contributed by atoms with Crippen LogP contribution >= 0.6 is 0 Å². The minimum Gasteiger partial charge on any atom is -0.381 e. The molecule has 2 rings (SSSR count). The molecule has 0 amide bonds. The molecular weight excluding hydrogens is 198 g/mol. The summed E-state index contributed by atoms with van der Waals surface area (Å²) in [6.45, 7) is 4.94. The van der Waals surface area contributed by atoms with Crippen LogP contribution in [0.25, 0.3) is 0 Å². The third-order valence-corrected chi connectivity index (χ3v) is 2.63. The highest BCUT2D eigenvalue weighted by Crippen LogP contribution is 2.14. The lowest BCUT2D eigenvalue weighted by atomic mass is 10.1. The van der Waals surface area contributed by atoms with E-state index in [2.05, 4.69) is 29.1 Å². The van der Waals surface area contributed by atoms with Crippen LogP contribution in [0.15, 0.2) is 36.9 Å². The largest absolute Gasteiger partial charge is 0.381 e. The number of hydrogen-bond acceptors (Lipinski definition) is 3. The predicted molar refractivity (Wildman–Crippen MR) is 65.3 cm³/mol. The highest BCUT2D eigenvalue weighted by atomic mass is 14.9. The van der Waals surface area contributed by atoms with Crippen molar-refractivity contribution < 1.29 is 0 Å². The van der Waals surface area contributed by atoms with E-state index in [-0.39, 0.29) is 0 Å². The maximum Gasteiger partial charge on any atom is 0.0404 e. The third kappa shape index (κ3) is 2.37. The molecule has 0 aromatic carbocycles. The number of nitrogens with zero attached hydrogens (tertiary/aromatic N) is 2. The van der Waals surface area contributed by atoms with Crippen molar-refractivity contribution in [3.63, 3.8) is 0 Å². The molecule has 82 valence electrons. The smallest absolute Gasteiger partial charge is 0.0404 e. The number of rotatable bonds is 3. The van der Waals surface area contributed by atoms with Gasteiger partial charge in [-0.25, -0.2) is 0 Å². The summed E-state index contributed by atoms with van der Waals surface area (Å²) >= 11 is 0. The predicted octanol–water partition coefficient (Wildman–Crippen LogP) is 2.71. The van der Waals surface area contributed by atoms with Gasteiger partial charge in [0.1, 0.15) is 0 Å². The van der Waals surface area contributed by atoms with E-state index in [4.69, 9.17) is 0 Å². The lowest BCUT2D eigenvalue weighted by Gasteiger charge is -2.10. The molecular formula is C13H15N3. The van der Waals surface area contributed by atoms with Crippen LogP contribution in [0, 0.1) is 13.8 Å². The van der Waals surface area contributed by atoms with Gasteiger partial charge in [-0.3, -0.25) is 9.97 Å². The molecule has 0 aliphatic carbocycles. The summed E-state index contributed by atoms with van der Waals surface area (Å²) < 4.78 is 0. The molecule has 0 saturated carbocycles. The van der Waals surface area contributed by atoms with E-state index in [0.29, 0.717) is 0 Å². The maximum absolute atomic E-state index is 4.08. The van der Waals surface area contributed by atoms with Crippen molar-refractivity contribution in [2.24, 2.45) is 0 Å². The first-order chi connectivity index (χ1) is 7.77. The average Bonchev–Trinajstić information content (AvgIpc) is 2.30. The van der Waals surface area contributed by atoms with Crippen LogP contribution in [0.4, 0.5) is 5.69 Å². The summed E-state index contributed by atoms with van der Waals surface area (Å²) in [4.78, 5) is 8.15. The molecule has 0 radical (unpaired) electrons. The second kappa shape index (κ2) is 4.75. The van der Waals surface area contributed by atoms with Crippen LogP contribution in [0.2, 0.25) is 0 Å². The summed E-state index contributed by atoms with van der Waals surface area (Å²) in [6, 6.07) is 4.03. The fourth-order valence-electron chi connectivity index (χ4n) is 1.56. The topological polar surface area (TPSA) is 37.8 Å². The van der Waals surface area contributed by atoms with Crippen molar-refractivity contribution in [3.8, 4) is 0 Å². The summed E-state index contributed by atoms with van der Waals surface area (Å²) in [7, 11) is 0. The summed E-state index contributed by atoms with van der Waals surface area (Å²) in [5.41, 5.74) is 4.77. The van der Waals surface area contributed by atoms with Crippen LogP contribution in [-0.4, -0.2) is 9.97 Å². The van der Waals surface area contributed by atoms with Gasteiger partial charge in [-0.1, -0.05) is 0 Å². The number of nitrogens with one attached hydrogen (secondary N) is 1. The fourth-order valence-corrected chi connectivity index (χ4v) is 1.56. The zero-order chi connectivity index (χ0) is 11.4. The second-order valence-corrected chi connectivity index (χ2v) is 3.85. The minimum atomic E-state index is 0.819. The molecule has 1 N–H and O–H groups in total. The zero-order valence-corrected chi connectivity index (χ0v) is 9.57. The van der Waals surface area contributed by atoms with Crippen molar-refractivity contribution in [1.29, 1.82) is 0 Å². The van der Waals surface area contributed by atoms with Gasteiger partial charge < -0.3 is 5.32 Å². The fraction of sp³-hybridized carbons (Fsp3) is 0.231. The molecule has 0 fully saturated rings. The molecule has 2 heterocycles. The number of aromatic nitrogens is 2. The van der Waals surface area contributed by atoms with Gasteiger partial charge in [0.05, 0.1) is 0 Å². The molecule has 0 unspecified atom stereocenters. The van der Waals surface area contributed by atoms with Crippen molar-refractivity contribution in [1.82, 2.24) is 9.97 Å². The number of pyridine rings is 2. The van der Waals surface area contributed by atoms with Crippen LogP contribution in [0.3, 0.4) is 0 Å². The Kier molecular flexibility index (Phi) is 3.15. The molecule has 2 aromatic rings. The Morgan fingerprint density at radius 1 is 1.00 bits per heavy atom. The third-order valence-electron chi connectivity index (χ3n) is 2.63. The van der Waals surface area contributed by atoms with Gasteiger partial charge in [-0.05, 0) is 42.7 Å². The monoisotopic (exact) mass is 213 g/mol. The van der Waals surface area contributed by atoms with Crippen molar-refractivity contribution in [3.05, 3.63) is 53.6 Å². The van der Waals surface area contributed by atoms with Gasteiger partial charge >= 0.3 is 0 Å². The minimum absolute atomic E-state index is 0.819. The van der Waals surface area contributed by atoms with E-state index < -0.39 is 0 Å². The second-order valence-electron chi connectivity index (χ2n) is 3.85. The first kappa shape index (κ1) is 10.6. The molecule has 0 atom stereocenters. The standard InChI is InChI=1S/C13H15N3/c1-10-7-14-5-3-12(10)9-16-13-4-6-15-8-11(13)2/h3-8H,9H2,1-2H3,(H,15,16). The van der Waals surface area contributed by atoms with Crippen LogP contribution in [-0.2, 0) is 6.54 Å². The molecule has 2 aromatic heterocycles. The maximum atomic E-state index is 4.08. The van der Waals surface area contributed by atoms with Gasteiger partial charge in [0.25, 0.3) is 0 Å². The molecule has 3 nitrogen and oxygen atoms in total. The van der Waals surface area contributed by atoms with E-state index in [1.165, 1.54) is 11.1 Å². The van der Waals surface area contributed by atoms with Crippen LogP contribution < -0.4 is 5.32 Å². The van der Waals surface area contributed by atoms with Gasteiger partial charge in [-0.15, -0.1) is 0 Å². The first-order valence-electron chi connectivity index (χ1n) is 5.31. The normalized spacial score (nSPS) is 10.1. The van der Waals surface area contributed by atoms with E-state index in [9.17, 15) is 0 Å². The lowest BCUT2D eigenvalue weighted by molar-refractivity contribution is 1.08. The molecule has 0 bridgehead atoms. The lowest BCUT2D eigenvalue weighted by Crippen LogP contribution is -2.03. The molecule has 0 aliphatic rings. The van der Waals surface area contributed by atoms with Crippen LogP contribution in [0.1, 0.15) is 16.7 Å². The SMILES string of the molecule is Cc1cnccc1CNc1ccncc1C. The van der Waals surface area contributed by atoms with E-state index in [1.54, 1.807) is 6.20 Å². The van der Waals surface area contributed by atoms with Gasteiger partial charge in [0.2, 0.25) is 0 Å². The highest BCUT2D eigenvalue weighted by molar-refractivity contribution is 5.49. The van der Waals surface area contributed by atoms with Gasteiger partial charge in [0, 0.05) is 37.0 Å².